The monoisotopic (exact) mass is 296 g/mol. The summed E-state index contributed by atoms with van der Waals surface area (Å²) < 4.78 is 0. The predicted molar refractivity (Wildman–Crippen MR) is 90.8 cm³/mol. The van der Waals surface area contributed by atoms with Crippen LogP contribution in [0, 0.1) is 0 Å². The Bertz CT molecular complexity index is 732. The molecule has 0 N–H and O–H groups in total. The van der Waals surface area contributed by atoms with E-state index < -0.39 is 0 Å². The van der Waals surface area contributed by atoms with Gasteiger partial charge in [0, 0.05) is 0 Å². The van der Waals surface area contributed by atoms with Crippen molar-refractivity contribution in [3.05, 3.63) is 66.2 Å². The zero-order chi connectivity index (χ0) is 14.8. The van der Waals surface area contributed by atoms with Crippen LogP contribution in [0.1, 0.15) is 5.56 Å². The van der Waals surface area contributed by atoms with Crippen LogP contribution in [0.5, 0.6) is 0 Å². The number of carbonyl (C=O) groups is 1. The second-order valence-corrected chi connectivity index (χ2v) is 5.93. The zero-order valence-corrected chi connectivity index (χ0v) is 12.8. The highest BCUT2D eigenvalue weighted by molar-refractivity contribution is 8.01. The number of hydrogen-bond donors (Lipinski definition) is 0. The Morgan fingerprint density at radius 2 is 1.48 bits per heavy atom. The Kier molecular flexibility index (Phi) is 3.73. The van der Waals surface area contributed by atoms with Gasteiger partial charge < -0.3 is 0 Å². The highest BCUT2D eigenvalue weighted by atomic mass is 32.1. The van der Waals surface area contributed by atoms with Gasteiger partial charge in [-0.25, -0.2) is 0 Å². The summed E-state index contributed by atoms with van der Waals surface area (Å²) in [6.45, 7) is 0. The molecule has 0 unspecified atom stereocenters. The Morgan fingerprint density at radius 1 is 0.905 bits per heavy atom. The summed E-state index contributed by atoms with van der Waals surface area (Å²) >= 11 is 0. The van der Waals surface area contributed by atoms with Gasteiger partial charge in [0.25, 0.3) is 5.91 Å². The van der Waals surface area contributed by atoms with Crippen LogP contribution in [0.4, 0.5) is 5.69 Å². The number of carbonyl (C=O) groups excluding carboxylic acids is 1. The normalized spacial score (nSPS) is 14.8. The van der Waals surface area contributed by atoms with Crippen LogP contribution < -0.4 is 4.90 Å². The maximum absolute atomic E-state index is 12.8. The van der Waals surface area contributed by atoms with Crippen LogP contribution >= 0.6 is 10.9 Å². The summed E-state index contributed by atoms with van der Waals surface area (Å²) in [5, 5.41) is 0.921. The first-order chi connectivity index (χ1) is 10.2. The zero-order valence-electron chi connectivity index (χ0n) is 12.0. The molecule has 0 spiro atoms. The van der Waals surface area contributed by atoms with Crippen LogP contribution in [0.2, 0.25) is 0 Å². The van der Waals surface area contributed by atoms with Gasteiger partial charge in [-0.2, -0.15) is 0 Å². The molecule has 3 rings (SSSR count). The molecule has 1 heterocycles. The SMILES string of the molecule is CN(C)C1=S=C(c2ccccc2)C(=O)N1c1ccccc1. The molecule has 1 aliphatic rings. The van der Waals surface area contributed by atoms with E-state index in [2.05, 4.69) is 0 Å². The number of nitrogens with zero attached hydrogens (tertiary/aromatic N) is 2. The molecular weight excluding hydrogens is 280 g/mol. The number of para-hydroxylation sites is 1. The first kappa shape index (κ1) is 13.8. The van der Waals surface area contributed by atoms with Crippen molar-refractivity contribution in [3.8, 4) is 0 Å². The van der Waals surface area contributed by atoms with E-state index in [1.165, 1.54) is 10.9 Å². The van der Waals surface area contributed by atoms with Crippen molar-refractivity contribution in [2.75, 3.05) is 19.0 Å². The summed E-state index contributed by atoms with van der Waals surface area (Å²) in [6, 6.07) is 19.6. The molecule has 2 aromatic carbocycles. The molecule has 1 amide bonds. The molecule has 1 aliphatic heterocycles. The molecule has 0 radical (unpaired) electrons. The largest absolute Gasteiger partial charge is 0.275 e. The highest BCUT2D eigenvalue weighted by Gasteiger charge is 2.31. The van der Waals surface area contributed by atoms with E-state index in [9.17, 15) is 4.79 Å². The van der Waals surface area contributed by atoms with Gasteiger partial charge in [0.05, 0.1) is 5.69 Å². The van der Waals surface area contributed by atoms with Crippen LogP contribution in [-0.4, -0.2) is 34.9 Å². The average molecular weight is 296 g/mol. The molecule has 0 aromatic heterocycles. The van der Waals surface area contributed by atoms with Gasteiger partial charge in [-0.1, -0.05) is 59.5 Å². The molecule has 0 atom stereocenters. The summed E-state index contributed by atoms with van der Waals surface area (Å²) in [5.74, 6) is 0.0288. The minimum absolute atomic E-state index is 0.0288. The molecule has 4 heteroatoms. The van der Waals surface area contributed by atoms with E-state index in [1.54, 1.807) is 4.90 Å². The van der Waals surface area contributed by atoms with E-state index in [4.69, 9.17) is 0 Å². The van der Waals surface area contributed by atoms with Gasteiger partial charge in [0.15, 0.2) is 5.11 Å². The Morgan fingerprint density at radius 3 is 2.05 bits per heavy atom. The van der Waals surface area contributed by atoms with Crippen molar-refractivity contribution in [1.82, 2.24) is 4.90 Å². The molecule has 0 saturated carbocycles. The fourth-order valence-electron chi connectivity index (χ4n) is 2.24. The lowest BCUT2D eigenvalue weighted by molar-refractivity contribution is -0.111. The minimum Gasteiger partial charge on any atom is -0.267 e. The lowest BCUT2D eigenvalue weighted by Gasteiger charge is -2.23. The van der Waals surface area contributed by atoms with Crippen LogP contribution in [-0.2, 0) is 4.79 Å². The topological polar surface area (TPSA) is 23.6 Å². The van der Waals surface area contributed by atoms with E-state index in [0.29, 0.717) is 0 Å². The van der Waals surface area contributed by atoms with Gasteiger partial charge in [-0.15, -0.1) is 0 Å². The first-order valence-electron chi connectivity index (χ1n) is 6.72. The quantitative estimate of drug-likeness (QED) is 0.795. The lowest BCUT2D eigenvalue weighted by atomic mass is 10.1. The second-order valence-electron chi connectivity index (χ2n) is 4.95. The van der Waals surface area contributed by atoms with Crippen molar-refractivity contribution >= 4 is 32.5 Å². The summed E-state index contributed by atoms with van der Waals surface area (Å²) in [4.78, 5) is 17.4. The van der Waals surface area contributed by atoms with E-state index in [-0.39, 0.29) is 5.91 Å². The Labute approximate surface area is 128 Å². The molecular formula is C17H16N2OS. The smallest absolute Gasteiger partial charge is 0.267 e. The van der Waals surface area contributed by atoms with Gasteiger partial charge in [-0.05, 0) is 31.8 Å². The number of benzene rings is 2. The van der Waals surface area contributed by atoms with Crippen LogP contribution in [0.15, 0.2) is 60.7 Å². The maximum Gasteiger partial charge on any atom is 0.275 e. The van der Waals surface area contributed by atoms with Crippen molar-refractivity contribution in [1.29, 1.82) is 0 Å². The number of anilines is 1. The summed E-state index contributed by atoms with van der Waals surface area (Å²) in [6.07, 6.45) is 0. The van der Waals surface area contributed by atoms with Crippen molar-refractivity contribution < 1.29 is 4.79 Å². The van der Waals surface area contributed by atoms with Gasteiger partial charge >= 0.3 is 0 Å². The van der Waals surface area contributed by atoms with E-state index >= 15 is 0 Å². The molecule has 3 nitrogen and oxygen atoms in total. The molecule has 2 aromatic rings. The fraction of sp³-hybridized carbons (Fsp3) is 0.118. The Hall–Kier alpha value is -2.17. The van der Waals surface area contributed by atoms with Gasteiger partial charge in [0.2, 0.25) is 0 Å². The third-order valence-corrected chi connectivity index (χ3v) is 4.56. The highest BCUT2D eigenvalue weighted by Crippen LogP contribution is 2.22. The molecule has 106 valence electrons. The first-order valence-corrected chi connectivity index (χ1v) is 7.54. The second kappa shape index (κ2) is 5.68. The molecule has 0 bridgehead atoms. The molecule has 0 fully saturated rings. The Balaban J connectivity index is 2.09. The van der Waals surface area contributed by atoms with E-state index in [1.807, 2.05) is 79.7 Å². The van der Waals surface area contributed by atoms with Crippen molar-refractivity contribution in [2.45, 2.75) is 0 Å². The van der Waals surface area contributed by atoms with Gasteiger partial charge in [-0.3, -0.25) is 14.6 Å². The van der Waals surface area contributed by atoms with Crippen molar-refractivity contribution in [2.24, 2.45) is 0 Å². The van der Waals surface area contributed by atoms with E-state index in [0.717, 1.165) is 21.2 Å². The molecule has 0 saturated heterocycles. The third kappa shape index (κ3) is 2.55. The average Bonchev–Trinajstić information content (AvgIpc) is 2.87. The minimum atomic E-state index is 0.0288. The number of hydrogen-bond acceptors (Lipinski definition) is 2. The van der Waals surface area contributed by atoms with Gasteiger partial charge in [0.1, 0.15) is 4.86 Å². The van der Waals surface area contributed by atoms with Crippen molar-refractivity contribution in [3.63, 3.8) is 0 Å². The molecule has 21 heavy (non-hydrogen) atoms. The summed E-state index contributed by atoms with van der Waals surface area (Å²) in [5.41, 5.74) is 1.86. The lowest BCUT2D eigenvalue weighted by Crippen LogP contribution is -2.42. The number of rotatable bonds is 2. The fourth-order valence-corrected chi connectivity index (χ4v) is 3.31. The van der Waals surface area contributed by atoms with Crippen LogP contribution in [0.3, 0.4) is 0 Å². The van der Waals surface area contributed by atoms with Crippen LogP contribution in [0.25, 0.3) is 0 Å². The number of amides is 1. The standard InChI is InChI=1S/C17H16N2OS/c1-18(2)17-19(14-11-7-4-8-12-14)16(20)15(21-17)13-9-5-3-6-10-13/h3-12H,1-2H3. The predicted octanol–water partition coefficient (Wildman–Crippen LogP) is 2.64. The summed E-state index contributed by atoms with van der Waals surface area (Å²) in [7, 11) is 5.43. The maximum atomic E-state index is 12.8. The molecule has 0 aliphatic carbocycles. The third-order valence-electron chi connectivity index (χ3n) is 3.21.